The lowest BCUT2D eigenvalue weighted by molar-refractivity contribution is -0.140. The van der Waals surface area contributed by atoms with Gasteiger partial charge in [0.05, 0.1) is 18.2 Å². The second-order valence-corrected chi connectivity index (χ2v) is 5.65. The van der Waals surface area contributed by atoms with E-state index in [9.17, 15) is 13.2 Å². The van der Waals surface area contributed by atoms with Crippen LogP contribution in [-0.2, 0) is 19.3 Å². The number of thiazole rings is 1. The van der Waals surface area contributed by atoms with Crippen LogP contribution in [0, 0.1) is 11.3 Å². The molecule has 2 N–H and O–H groups in total. The number of nitrogens with one attached hydrogen (secondary N) is 2. The van der Waals surface area contributed by atoms with E-state index in [1.54, 1.807) is 19.2 Å². The van der Waals surface area contributed by atoms with Crippen LogP contribution in [0.2, 0.25) is 0 Å². The Morgan fingerprint density at radius 1 is 1.24 bits per heavy atom. The summed E-state index contributed by atoms with van der Waals surface area (Å²) in [5.74, 6) is 0.447. The Morgan fingerprint density at radius 2 is 1.88 bits per heavy atom. The predicted molar refractivity (Wildman–Crippen MR) is 101 cm³/mol. The summed E-state index contributed by atoms with van der Waals surface area (Å²) in [5, 5.41) is 16.0. The Hall–Kier alpha value is -1.87. The van der Waals surface area contributed by atoms with Gasteiger partial charge in [0.25, 0.3) is 0 Å². The van der Waals surface area contributed by atoms with Crippen LogP contribution < -0.4 is 10.6 Å². The van der Waals surface area contributed by atoms with Crippen molar-refractivity contribution < 1.29 is 13.2 Å². The average molecular weight is 481 g/mol. The molecular weight excluding hydrogens is 466 g/mol. The van der Waals surface area contributed by atoms with Gasteiger partial charge >= 0.3 is 6.18 Å². The van der Waals surface area contributed by atoms with Crippen molar-refractivity contribution in [2.75, 3.05) is 7.05 Å². The molecule has 0 amide bonds. The molecule has 0 aliphatic heterocycles. The Bertz CT molecular complexity index is 750. The molecule has 0 radical (unpaired) electrons. The molecule has 1 aromatic heterocycles. The summed E-state index contributed by atoms with van der Waals surface area (Å²) in [4.78, 5) is 7.55. The van der Waals surface area contributed by atoms with Gasteiger partial charge in [-0.15, -0.1) is 35.3 Å². The predicted octanol–water partition coefficient (Wildman–Crippen LogP) is 3.52. The number of nitriles is 1. The first-order valence-electron chi connectivity index (χ1n) is 6.87. The molecule has 0 saturated carbocycles. The van der Waals surface area contributed by atoms with Crippen molar-refractivity contribution in [3.63, 3.8) is 0 Å². The number of nitrogens with zero attached hydrogens (tertiary/aromatic N) is 3. The van der Waals surface area contributed by atoms with Gasteiger partial charge in [-0.05, 0) is 17.7 Å². The van der Waals surface area contributed by atoms with Crippen molar-refractivity contribution in [3.05, 3.63) is 51.5 Å². The number of halogens is 4. The van der Waals surface area contributed by atoms with Crippen LogP contribution in [-0.4, -0.2) is 18.0 Å². The first kappa shape index (κ1) is 21.2. The zero-order valence-electron chi connectivity index (χ0n) is 13.1. The van der Waals surface area contributed by atoms with Gasteiger partial charge in [-0.1, -0.05) is 12.1 Å². The highest BCUT2D eigenvalue weighted by molar-refractivity contribution is 14.0. The van der Waals surface area contributed by atoms with E-state index in [4.69, 9.17) is 5.26 Å². The minimum absolute atomic E-state index is 0. The minimum Gasteiger partial charge on any atom is -0.352 e. The third-order valence-corrected chi connectivity index (χ3v) is 3.86. The summed E-state index contributed by atoms with van der Waals surface area (Å²) < 4.78 is 37.5. The Labute approximate surface area is 164 Å². The number of hydrogen-bond acceptors (Lipinski definition) is 4. The van der Waals surface area contributed by atoms with Gasteiger partial charge in [0, 0.05) is 19.0 Å². The zero-order chi connectivity index (χ0) is 17.6. The molecule has 0 unspecified atom stereocenters. The lowest BCUT2D eigenvalue weighted by atomic mass is 10.1. The summed E-state index contributed by atoms with van der Waals surface area (Å²) in [5.41, 5.74) is 0.640. The molecule has 1 heterocycles. The van der Waals surface area contributed by atoms with Crippen molar-refractivity contribution in [1.29, 1.82) is 5.26 Å². The van der Waals surface area contributed by atoms with E-state index in [-0.39, 0.29) is 30.5 Å². The number of benzene rings is 1. The van der Waals surface area contributed by atoms with Gasteiger partial charge in [0.15, 0.2) is 11.7 Å². The molecule has 0 aliphatic rings. The molecular formula is C15H15F3IN5S. The molecule has 5 nitrogen and oxygen atoms in total. The number of rotatable bonds is 4. The molecule has 2 rings (SSSR count). The molecule has 134 valence electrons. The summed E-state index contributed by atoms with van der Waals surface area (Å²) in [6.07, 6.45) is -4.43. The second-order valence-electron chi connectivity index (χ2n) is 4.71. The first-order valence-corrected chi connectivity index (χ1v) is 7.75. The SMILES string of the molecule is CN=C(NCc1ccc(C#N)cc1)NCc1nc(C(F)(F)F)cs1.I. The fourth-order valence-corrected chi connectivity index (χ4v) is 2.53. The van der Waals surface area contributed by atoms with Crippen LogP contribution in [0.4, 0.5) is 13.2 Å². The number of aliphatic imine (C=N–C) groups is 1. The van der Waals surface area contributed by atoms with Crippen molar-refractivity contribution in [2.24, 2.45) is 4.99 Å². The molecule has 2 aromatic rings. The second kappa shape index (κ2) is 9.57. The summed E-state index contributed by atoms with van der Waals surface area (Å²) in [6, 6.07) is 9.09. The lowest BCUT2D eigenvalue weighted by Gasteiger charge is -2.11. The Balaban J connectivity index is 0.00000312. The van der Waals surface area contributed by atoms with E-state index in [2.05, 4.69) is 20.6 Å². The summed E-state index contributed by atoms with van der Waals surface area (Å²) in [6.45, 7) is 0.616. The van der Waals surface area contributed by atoms with Crippen LogP contribution >= 0.6 is 35.3 Å². The molecule has 25 heavy (non-hydrogen) atoms. The smallest absolute Gasteiger partial charge is 0.352 e. The van der Waals surface area contributed by atoms with Crippen LogP contribution in [0.25, 0.3) is 0 Å². The van der Waals surface area contributed by atoms with Gasteiger partial charge in [0.2, 0.25) is 0 Å². The third-order valence-electron chi connectivity index (χ3n) is 3.02. The van der Waals surface area contributed by atoms with Gasteiger partial charge in [0.1, 0.15) is 5.01 Å². The molecule has 1 aromatic carbocycles. The normalized spacial score (nSPS) is 11.4. The maximum absolute atomic E-state index is 12.5. The van der Waals surface area contributed by atoms with Crippen molar-refractivity contribution in [3.8, 4) is 6.07 Å². The average Bonchev–Trinajstić information content (AvgIpc) is 3.05. The third kappa shape index (κ3) is 6.50. The van der Waals surface area contributed by atoms with Crippen LogP contribution in [0.5, 0.6) is 0 Å². The monoisotopic (exact) mass is 481 g/mol. The molecule has 0 aliphatic carbocycles. The standard InChI is InChI=1S/C15H14F3N5S.HI/c1-20-14(21-7-11-4-2-10(6-19)3-5-11)22-8-13-23-12(9-24-13)15(16,17)18;/h2-5,9H,7-8H2,1H3,(H2,20,21,22);1H. The van der Waals surface area contributed by atoms with E-state index in [0.717, 1.165) is 22.3 Å². The molecule has 10 heteroatoms. The van der Waals surface area contributed by atoms with Gasteiger partial charge in [-0.25, -0.2) is 4.98 Å². The largest absolute Gasteiger partial charge is 0.434 e. The van der Waals surface area contributed by atoms with E-state index < -0.39 is 11.9 Å². The zero-order valence-corrected chi connectivity index (χ0v) is 16.2. The maximum Gasteiger partial charge on any atom is 0.434 e. The fourth-order valence-electron chi connectivity index (χ4n) is 1.79. The molecule has 0 spiro atoms. The highest BCUT2D eigenvalue weighted by atomic mass is 127. The minimum atomic E-state index is -4.43. The van der Waals surface area contributed by atoms with Crippen molar-refractivity contribution >= 4 is 41.3 Å². The van der Waals surface area contributed by atoms with Crippen molar-refractivity contribution in [2.45, 2.75) is 19.3 Å². The maximum atomic E-state index is 12.5. The van der Waals surface area contributed by atoms with Gasteiger partial charge in [-0.2, -0.15) is 18.4 Å². The number of guanidine groups is 1. The topological polar surface area (TPSA) is 73.1 Å². The van der Waals surface area contributed by atoms with E-state index in [0.29, 0.717) is 23.1 Å². The highest BCUT2D eigenvalue weighted by Gasteiger charge is 2.33. The first-order chi connectivity index (χ1) is 11.4. The van der Waals surface area contributed by atoms with E-state index in [1.807, 2.05) is 18.2 Å². The molecule has 0 fully saturated rings. The van der Waals surface area contributed by atoms with Gasteiger partial charge < -0.3 is 10.6 Å². The fraction of sp³-hybridized carbons (Fsp3) is 0.267. The number of alkyl halides is 3. The molecule has 0 saturated heterocycles. The van der Waals surface area contributed by atoms with Crippen LogP contribution in [0.3, 0.4) is 0 Å². The van der Waals surface area contributed by atoms with E-state index >= 15 is 0 Å². The molecule has 0 bridgehead atoms. The number of aromatic nitrogens is 1. The van der Waals surface area contributed by atoms with E-state index in [1.165, 1.54) is 0 Å². The summed E-state index contributed by atoms with van der Waals surface area (Å²) >= 11 is 0.940. The van der Waals surface area contributed by atoms with Gasteiger partial charge in [-0.3, -0.25) is 4.99 Å². The molecule has 0 atom stereocenters. The Kier molecular flexibility index (Phi) is 8.11. The lowest BCUT2D eigenvalue weighted by Crippen LogP contribution is -2.36. The van der Waals surface area contributed by atoms with Crippen molar-refractivity contribution in [1.82, 2.24) is 15.6 Å². The highest BCUT2D eigenvalue weighted by Crippen LogP contribution is 2.29. The quantitative estimate of drug-likeness (QED) is 0.399. The Morgan fingerprint density at radius 3 is 2.40 bits per heavy atom. The summed E-state index contributed by atoms with van der Waals surface area (Å²) in [7, 11) is 1.57. The number of hydrogen-bond donors (Lipinski definition) is 2. The van der Waals surface area contributed by atoms with Crippen LogP contribution in [0.1, 0.15) is 21.8 Å². The van der Waals surface area contributed by atoms with Crippen LogP contribution in [0.15, 0.2) is 34.6 Å².